The Hall–Kier alpha value is -1.82. The number of ether oxygens (including phenoxy) is 1. The molecule has 2 aromatic rings. The van der Waals surface area contributed by atoms with Crippen LogP contribution >= 0.6 is 15.9 Å². The fourth-order valence-electron chi connectivity index (χ4n) is 1.64. The number of carbonyl (C=O) groups is 1. The number of aromatic nitrogens is 2. The predicted molar refractivity (Wildman–Crippen MR) is 76.7 cm³/mol. The van der Waals surface area contributed by atoms with Gasteiger partial charge in [0.05, 0.1) is 25.2 Å². The number of methoxy groups -OCH3 is 1. The molecular formula is C13H14BrN3O2. The van der Waals surface area contributed by atoms with E-state index in [0.717, 1.165) is 11.3 Å². The molecule has 0 spiro atoms. The lowest BCUT2D eigenvalue weighted by atomic mass is 10.2. The Morgan fingerprint density at radius 2 is 2.11 bits per heavy atom. The van der Waals surface area contributed by atoms with E-state index < -0.39 is 0 Å². The Morgan fingerprint density at radius 1 is 1.37 bits per heavy atom. The maximum atomic E-state index is 11.4. The molecule has 0 radical (unpaired) electrons. The molecular weight excluding hydrogens is 310 g/mol. The van der Waals surface area contributed by atoms with Gasteiger partial charge in [0.15, 0.2) is 0 Å². The van der Waals surface area contributed by atoms with Gasteiger partial charge in [0.2, 0.25) is 5.91 Å². The van der Waals surface area contributed by atoms with Gasteiger partial charge in [-0.25, -0.2) is 4.68 Å². The molecule has 1 aromatic heterocycles. The highest BCUT2D eigenvalue weighted by molar-refractivity contribution is 9.09. The lowest BCUT2D eigenvalue weighted by Gasteiger charge is -2.08. The van der Waals surface area contributed by atoms with Gasteiger partial charge < -0.3 is 10.1 Å². The van der Waals surface area contributed by atoms with Crippen LogP contribution in [0.15, 0.2) is 36.5 Å². The second-order valence-electron chi connectivity index (χ2n) is 3.90. The zero-order valence-electron chi connectivity index (χ0n) is 10.5. The van der Waals surface area contributed by atoms with Gasteiger partial charge in [-0.05, 0) is 17.7 Å². The molecule has 0 aliphatic heterocycles. The summed E-state index contributed by atoms with van der Waals surface area (Å²) in [5.41, 5.74) is 1.08. The van der Waals surface area contributed by atoms with Crippen LogP contribution in [-0.2, 0) is 11.3 Å². The summed E-state index contributed by atoms with van der Waals surface area (Å²) < 4.78 is 6.85. The first-order valence-corrected chi connectivity index (χ1v) is 6.85. The fraction of sp³-hybridized carbons (Fsp3) is 0.231. The molecule has 0 unspecified atom stereocenters. The number of benzene rings is 1. The van der Waals surface area contributed by atoms with Gasteiger partial charge in [0.25, 0.3) is 0 Å². The summed E-state index contributed by atoms with van der Waals surface area (Å²) in [6.07, 6.45) is 1.66. The molecule has 2 rings (SSSR count). The van der Waals surface area contributed by atoms with Crippen LogP contribution in [0.3, 0.4) is 0 Å². The molecule has 0 aliphatic carbocycles. The number of halogens is 1. The maximum Gasteiger partial charge on any atom is 0.236 e. The van der Waals surface area contributed by atoms with E-state index in [0.29, 0.717) is 12.4 Å². The Kier molecular flexibility index (Phi) is 4.57. The summed E-state index contributed by atoms with van der Waals surface area (Å²) in [6.45, 7) is 0.592. The normalized spacial score (nSPS) is 10.2. The van der Waals surface area contributed by atoms with Crippen molar-refractivity contribution in [3.8, 4) is 5.75 Å². The topological polar surface area (TPSA) is 56.1 Å². The van der Waals surface area contributed by atoms with Crippen LogP contribution in [0.2, 0.25) is 0 Å². The first-order chi connectivity index (χ1) is 9.22. The summed E-state index contributed by atoms with van der Waals surface area (Å²) in [5.74, 6) is 1.40. The molecule has 0 bridgehead atoms. The van der Waals surface area contributed by atoms with Gasteiger partial charge in [-0.3, -0.25) is 4.79 Å². The third kappa shape index (κ3) is 3.57. The van der Waals surface area contributed by atoms with E-state index in [-0.39, 0.29) is 11.2 Å². The third-order valence-corrected chi connectivity index (χ3v) is 3.11. The van der Waals surface area contributed by atoms with Crippen LogP contribution in [0.1, 0.15) is 5.56 Å². The quantitative estimate of drug-likeness (QED) is 0.859. The SMILES string of the molecule is COc1ccc(Cn2nccc2NC(=O)CBr)cc1. The molecule has 1 aromatic carbocycles. The zero-order valence-corrected chi connectivity index (χ0v) is 12.1. The number of anilines is 1. The van der Waals surface area contributed by atoms with E-state index >= 15 is 0 Å². The van der Waals surface area contributed by atoms with Crippen molar-refractivity contribution in [1.82, 2.24) is 9.78 Å². The van der Waals surface area contributed by atoms with E-state index in [1.54, 1.807) is 24.1 Å². The van der Waals surface area contributed by atoms with Crippen molar-refractivity contribution in [3.05, 3.63) is 42.1 Å². The zero-order chi connectivity index (χ0) is 13.7. The molecule has 1 heterocycles. The maximum absolute atomic E-state index is 11.4. The minimum Gasteiger partial charge on any atom is -0.497 e. The van der Waals surface area contributed by atoms with Gasteiger partial charge in [-0.15, -0.1) is 0 Å². The smallest absolute Gasteiger partial charge is 0.236 e. The summed E-state index contributed by atoms with van der Waals surface area (Å²) in [6, 6.07) is 9.50. The number of hydrogen-bond donors (Lipinski definition) is 1. The number of alkyl halides is 1. The summed E-state index contributed by atoms with van der Waals surface area (Å²) >= 11 is 3.11. The second-order valence-corrected chi connectivity index (χ2v) is 4.46. The van der Waals surface area contributed by atoms with Gasteiger partial charge >= 0.3 is 0 Å². The summed E-state index contributed by atoms with van der Waals surface area (Å²) in [7, 11) is 1.64. The van der Waals surface area contributed by atoms with Crippen LogP contribution in [0, 0.1) is 0 Å². The highest BCUT2D eigenvalue weighted by atomic mass is 79.9. The molecule has 5 nitrogen and oxygen atoms in total. The monoisotopic (exact) mass is 323 g/mol. The third-order valence-electron chi connectivity index (χ3n) is 2.60. The van der Waals surface area contributed by atoms with E-state index in [1.807, 2.05) is 24.3 Å². The van der Waals surface area contributed by atoms with Crippen LogP contribution in [-0.4, -0.2) is 28.1 Å². The van der Waals surface area contributed by atoms with Crippen molar-refractivity contribution in [3.63, 3.8) is 0 Å². The molecule has 0 aliphatic rings. The van der Waals surface area contributed by atoms with Crippen molar-refractivity contribution >= 4 is 27.7 Å². The summed E-state index contributed by atoms with van der Waals surface area (Å²) in [4.78, 5) is 11.4. The molecule has 0 saturated carbocycles. The number of carbonyl (C=O) groups excluding carboxylic acids is 1. The van der Waals surface area contributed by atoms with Gasteiger partial charge in [0, 0.05) is 6.07 Å². The molecule has 1 amide bonds. The molecule has 6 heteroatoms. The first-order valence-electron chi connectivity index (χ1n) is 5.73. The van der Waals surface area contributed by atoms with Crippen molar-refractivity contribution in [1.29, 1.82) is 0 Å². The predicted octanol–water partition coefficient (Wildman–Crippen LogP) is 2.27. The van der Waals surface area contributed by atoms with Crippen LogP contribution in [0.4, 0.5) is 5.82 Å². The van der Waals surface area contributed by atoms with Gasteiger partial charge in [0.1, 0.15) is 11.6 Å². The lowest BCUT2D eigenvalue weighted by Crippen LogP contribution is -2.16. The van der Waals surface area contributed by atoms with Crippen LogP contribution < -0.4 is 10.1 Å². The Bertz CT molecular complexity index is 551. The Labute approximate surface area is 119 Å². The Balaban J connectivity index is 2.10. The fourth-order valence-corrected chi connectivity index (χ4v) is 1.79. The molecule has 0 fully saturated rings. The minimum atomic E-state index is -0.100. The highest BCUT2D eigenvalue weighted by Crippen LogP contribution is 2.14. The van der Waals surface area contributed by atoms with Crippen LogP contribution in [0.25, 0.3) is 0 Å². The van der Waals surface area contributed by atoms with Crippen molar-refractivity contribution in [2.24, 2.45) is 0 Å². The van der Waals surface area contributed by atoms with Gasteiger partial charge in [-0.2, -0.15) is 5.10 Å². The number of amides is 1. The largest absolute Gasteiger partial charge is 0.497 e. The standard InChI is InChI=1S/C13H14BrN3O2/c1-19-11-4-2-10(3-5-11)9-17-12(6-7-15-17)16-13(18)8-14/h2-7H,8-9H2,1H3,(H,16,18). The Morgan fingerprint density at radius 3 is 2.74 bits per heavy atom. The molecule has 0 saturated heterocycles. The molecule has 1 N–H and O–H groups in total. The number of nitrogens with one attached hydrogen (secondary N) is 1. The summed E-state index contributed by atoms with van der Waals surface area (Å²) in [5, 5.41) is 7.23. The van der Waals surface area contributed by atoms with Gasteiger partial charge in [-0.1, -0.05) is 28.1 Å². The van der Waals surface area contributed by atoms with Crippen LogP contribution in [0.5, 0.6) is 5.75 Å². The van der Waals surface area contributed by atoms with Crippen molar-refractivity contribution < 1.29 is 9.53 Å². The first kappa shape index (κ1) is 13.6. The minimum absolute atomic E-state index is 0.100. The average Bonchev–Trinajstić information content (AvgIpc) is 2.86. The molecule has 0 atom stereocenters. The van der Waals surface area contributed by atoms with E-state index in [2.05, 4.69) is 26.3 Å². The number of nitrogens with zero attached hydrogens (tertiary/aromatic N) is 2. The second kappa shape index (κ2) is 6.38. The molecule has 100 valence electrons. The average molecular weight is 324 g/mol. The van der Waals surface area contributed by atoms with Crippen molar-refractivity contribution in [2.45, 2.75) is 6.54 Å². The van der Waals surface area contributed by atoms with Crippen molar-refractivity contribution in [2.75, 3.05) is 17.8 Å². The van der Waals surface area contributed by atoms with E-state index in [4.69, 9.17) is 4.74 Å². The number of hydrogen-bond acceptors (Lipinski definition) is 3. The number of rotatable bonds is 5. The highest BCUT2D eigenvalue weighted by Gasteiger charge is 2.06. The van der Waals surface area contributed by atoms with E-state index in [9.17, 15) is 4.79 Å². The lowest BCUT2D eigenvalue weighted by molar-refractivity contribution is -0.113. The van der Waals surface area contributed by atoms with E-state index in [1.165, 1.54) is 0 Å². The molecule has 19 heavy (non-hydrogen) atoms.